The summed E-state index contributed by atoms with van der Waals surface area (Å²) in [6, 6.07) is 0. The van der Waals surface area contributed by atoms with Crippen LogP contribution in [0.1, 0.15) is 33.0 Å². The highest BCUT2D eigenvalue weighted by Gasteiger charge is 2.21. The third kappa shape index (κ3) is 4.62. The van der Waals surface area contributed by atoms with Crippen molar-refractivity contribution in [2.24, 2.45) is 5.73 Å². The van der Waals surface area contributed by atoms with Crippen LogP contribution < -0.4 is 11.1 Å². The first-order valence-corrected chi connectivity index (χ1v) is 8.56. The van der Waals surface area contributed by atoms with E-state index in [9.17, 15) is 4.79 Å². The minimum Gasteiger partial charge on any atom is -0.325 e. The average Bonchev–Trinajstić information content (AvgIpc) is 3.12. The molecule has 128 valence electrons. The van der Waals surface area contributed by atoms with E-state index in [1.54, 1.807) is 16.7 Å². The second-order valence-corrected chi connectivity index (χ2v) is 6.82. The zero-order valence-corrected chi connectivity index (χ0v) is 15.8. The summed E-state index contributed by atoms with van der Waals surface area (Å²) < 4.78 is 0. The minimum atomic E-state index is -0.218. The molecule has 2 aromatic rings. The van der Waals surface area contributed by atoms with Gasteiger partial charge in [-0.1, -0.05) is 6.92 Å². The summed E-state index contributed by atoms with van der Waals surface area (Å²) in [5, 5.41) is 5.98. The van der Waals surface area contributed by atoms with Crippen molar-refractivity contribution in [1.82, 2.24) is 14.9 Å². The van der Waals surface area contributed by atoms with Gasteiger partial charge in [-0.15, -0.1) is 47.5 Å². The number of thiazole rings is 2. The first-order valence-electron chi connectivity index (χ1n) is 6.86. The summed E-state index contributed by atoms with van der Waals surface area (Å²) in [4.78, 5) is 24.5. The van der Waals surface area contributed by atoms with Gasteiger partial charge in [0.25, 0.3) is 5.91 Å². The van der Waals surface area contributed by atoms with Gasteiger partial charge in [-0.2, -0.15) is 0 Å². The lowest BCUT2D eigenvalue weighted by molar-refractivity contribution is 0.102. The summed E-state index contributed by atoms with van der Waals surface area (Å²) in [6.45, 7) is 5.52. The van der Waals surface area contributed by atoms with Crippen molar-refractivity contribution in [2.45, 2.75) is 26.4 Å². The lowest BCUT2D eigenvalue weighted by Crippen LogP contribution is -2.29. The molecule has 2 aromatic heterocycles. The maximum Gasteiger partial charge on any atom is 0.276 e. The predicted octanol–water partition coefficient (Wildman–Crippen LogP) is 2.53. The Morgan fingerprint density at radius 3 is 2.87 bits per heavy atom. The number of carbonyl (C=O) groups excluding carboxylic acids is 1. The molecule has 0 aliphatic carbocycles. The number of rotatable bonds is 4. The standard InChI is InChI=1S/C13H17N5OS2.2ClH/c1-2-18-4-3-8-10(6-18)21-13(16-8)17-12(19)9-7-20-11(5-14)15-9;;/h7H,2-6,14H2,1H3,(H,16,17,19);2*1H. The number of nitrogens with one attached hydrogen (secondary N) is 1. The van der Waals surface area contributed by atoms with E-state index in [1.165, 1.54) is 16.2 Å². The van der Waals surface area contributed by atoms with Crippen LogP contribution in [0.5, 0.6) is 0 Å². The van der Waals surface area contributed by atoms with E-state index in [-0.39, 0.29) is 30.7 Å². The van der Waals surface area contributed by atoms with Crippen molar-refractivity contribution >= 4 is 58.5 Å². The van der Waals surface area contributed by atoms with Crippen molar-refractivity contribution in [3.8, 4) is 0 Å². The van der Waals surface area contributed by atoms with Gasteiger partial charge in [0.2, 0.25) is 0 Å². The smallest absolute Gasteiger partial charge is 0.276 e. The van der Waals surface area contributed by atoms with Crippen LogP contribution in [0.2, 0.25) is 0 Å². The maximum absolute atomic E-state index is 12.1. The Kier molecular flexibility index (Phi) is 7.85. The third-order valence-electron chi connectivity index (χ3n) is 3.44. The largest absolute Gasteiger partial charge is 0.325 e. The van der Waals surface area contributed by atoms with Gasteiger partial charge in [0.1, 0.15) is 10.7 Å². The monoisotopic (exact) mass is 395 g/mol. The highest BCUT2D eigenvalue weighted by molar-refractivity contribution is 7.16. The maximum atomic E-state index is 12.1. The van der Waals surface area contributed by atoms with E-state index in [0.717, 1.165) is 36.8 Å². The highest BCUT2D eigenvalue weighted by Crippen LogP contribution is 2.28. The van der Waals surface area contributed by atoms with E-state index >= 15 is 0 Å². The van der Waals surface area contributed by atoms with Crippen LogP contribution in [-0.4, -0.2) is 33.9 Å². The molecule has 3 heterocycles. The molecule has 0 aromatic carbocycles. The Labute approximate surface area is 155 Å². The minimum absolute atomic E-state index is 0. The average molecular weight is 396 g/mol. The van der Waals surface area contributed by atoms with E-state index in [2.05, 4.69) is 27.1 Å². The molecule has 0 bridgehead atoms. The second kappa shape index (κ2) is 8.91. The lowest BCUT2D eigenvalue weighted by Gasteiger charge is -2.23. The number of hydrogen-bond donors (Lipinski definition) is 2. The normalized spacial score (nSPS) is 13.7. The molecular formula is C13H19Cl2N5OS2. The van der Waals surface area contributed by atoms with Crippen molar-refractivity contribution in [2.75, 3.05) is 18.4 Å². The molecular weight excluding hydrogens is 377 g/mol. The van der Waals surface area contributed by atoms with Crippen LogP contribution in [0.25, 0.3) is 0 Å². The van der Waals surface area contributed by atoms with Gasteiger partial charge < -0.3 is 5.73 Å². The van der Waals surface area contributed by atoms with E-state index in [4.69, 9.17) is 5.73 Å². The summed E-state index contributed by atoms with van der Waals surface area (Å²) in [6.07, 6.45) is 0.948. The van der Waals surface area contributed by atoms with E-state index < -0.39 is 0 Å². The van der Waals surface area contributed by atoms with Gasteiger partial charge in [0.05, 0.1) is 5.69 Å². The summed E-state index contributed by atoms with van der Waals surface area (Å²) >= 11 is 2.95. The number of nitrogens with two attached hydrogens (primary N) is 1. The van der Waals surface area contributed by atoms with Crippen molar-refractivity contribution < 1.29 is 4.79 Å². The molecule has 1 amide bonds. The quantitative estimate of drug-likeness (QED) is 0.830. The van der Waals surface area contributed by atoms with Crippen LogP contribution in [0.3, 0.4) is 0 Å². The zero-order valence-electron chi connectivity index (χ0n) is 12.6. The number of hydrogen-bond acceptors (Lipinski definition) is 7. The summed E-state index contributed by atoms with van der Waals surface area (Å²) in [5.74, 6) is -0.218. The highest BCUT2D eigenvalue weighted by atomic mass is 35.5. The first-order chi connectivity index (χ1) is 10.2. The number of fused-ring (bicyclic) bond motifs is 1. The van der Waals surface area contributed by atoms with Crippen LogP contribution in [0.15, 0.2) is 5.38 Å². The lowest BCUT2D eigenvalue weighted by atomic mass is 10.2. The van der Waals surface area contributed by atoms with Gasteiger partial charge in [-0.3, -0.25) is 15.0 Å². The fourth-order valence-corrected chi connectivity index (χ4v) is 3.94. The first kappa shape index (κ1) is 20.3. The molecule has 3 rings (SSSR count). The third-order valence-corrected chi connectivity index (χ3v) is 5.31. The Hall–Kier alpha value is -0.770. The van der Waals surface area contributed by atoms with Crippen molar-refractivity contribution in [3.63, 3.8) is 0 Å². The van der Waals surface area contributed by atoms with Crippen LogP contribution >= 0.6 is 47.5 Å². The SMILES string of the molecule is CCN1CCc2nc(NC(=O)c3csc(CN)n3)sc2C1.Cl.Cl. The molecule has 3 N–H and O–H groups in total. The Bertz CT molecular complexity index is 661. The van der Waals surface area contributed by atoms with E-state index in [1.807, 2.05) is 0 Å². The number of amides is 1. The molecule has 6 nitrogen and oxygen atoms in total. The second-order valence-electron chi connectivity index (χ2n) is 4.79. The van der Waals surface area contributed by atoms with Gasteiger partial charge in [-0.25, -0.2) is 9.97 Å². The number of aromatic nitrogens is 2. The molecule has 1 aliphatic heterocycles. The van der Waals surface area contributed by atoms with Gasteiger partial charge in [0.15, 0.2) is 5.13 Å². The zero-order chi connectivity index (χ0) is 14.8. The Morgan fingerprint density at radius 1 is 1.43 bits per heavy atom. The summed E-state index contributed by atoms with van der Waals surface area (Å²) in [7, 11) is 0. The molecule has 0 unspecified atom stereocenters. The Morgan fingerprint density at radius 2 is 2.22 bits per heavy atom. The molecule has 0 saturated carbocycles. The van der Waals surface area contributed by atoms with Crippen LogP contribution in [-0.2, 0) is 19.5 Å². The van der Waals surface area contributed by atoms with Crippen molar-refractivity contribution in [1.29, 1.82) is 0 Å². The number of nitrogens with zero attached hydrogens (tertiary/aromatic N) is 3. The number of likely N-dealkylation sites (N-methyl/N-ethyl adjacent to an activating group) is 1. The molecule has 0 radical (unpaired) electrons. The molecule has 1 aliphatic rings. The van der Waals surface area contributed by atoms with E-state index in [0.29, 0.717) is 17.4 Å². The Balaban J connectivity index is 0.00000132. The van der Waals surface area contributed by atoms with Crippen molar-refractivity contribution in [3.05, 3.63) is 26.7 Å². The number of anilines is 1. The fraction of sp³-hybridized carbons (Fsp3) is 0.462. The van der Waals surface area contributed by atoms with Gasteiger partial charge in [-0.05, 0) is 6.54 Å². The molecule has 0 saturated heterocycles. The fourth-order valence-electron chi connectivity index (χ4n) is 2.24. The molecule has 10 heteroatoms. The van der Waals surface area contributed by atoms with Gasteiger partial charge in [0, 0.05) is 36.3 Å². The predicted molar refractivity (Wildman–Crippen MR) is 99.2 cm³/mol. The number of carbonyl (C=O) groups is 1. The van der Waals surface area contributed by atoms with Gasteiger partial charge >= 0.3 is 0 Å². The van der Waals surface area contributed by atoms with Crippen LogP contribution in [0, 0.1) is 0 Å². The topological polar surface area (TPSA) is 84.1 Å². The molecule has 0 atom stereocenters. The molecule has 0 spiro atoms. The number of halogens is 2. The van der Waals surface area contributed by atoms with Crippen LogP contribution in [0.4, 0.5) is 5.13 Å². The summed E-state index contributed by atoms with van der Waals surface area (Å²) in [5.41, 5.74) is 7.03. The molecule has 0 fully saturated rings. The molecule has 23 heavy (non-hydrogen) atoms.